The molecule has 1 aromatic heterocycles. The first kappa shape index (κ1) is 19.9. The molecule has 0 aliphatic carbocycles. The van der Waals surface area contributed by atoms with Crippen molar-refractivity contribution >= 4 is 12.1 Å². The molecule has 0 aromatic carbocycles. The fraction of sp³-hybridized carbons (Fsp3) is 0.533. The Morgan fingerprint density at radius 3 is 2.73 bits per heavy atom. The van der Waals surface area contributed by atoms with Crippen molar-refractivity contribution in [1.82, 2.24) is 9.88 Å². The number of halogens is 3. The second kappa shape index (κ2) is 7.46. The molecule has 144 valence electrons. The van der Waals surface area contributed by atoms with Crippen LogP contribution in [0.4, 0.5) is 18.0 Å². The van der Waals surface area contributed by atoms with Gasteiger partial charge in [-0.25, -0.2) is 14.6 Å². The third-order valence-electron chi connectivity index (χ3n) is 3.54. The number of nitrogens with zero attached hydrogens (tertiary/aromatic N) is 2. The van der Waals surface area contributed by atoms with Gasteiger partial charge in [-0.3, -0.25) is 4.90 Å². The number of aromatic carboxylic acids is 1. The summed E-state index contributed by atoms with van der Waals surface area (Å²) >= 11 is 0. The van der Waals surface area contributed by atoms with Crippen molar-refractivity contribution in [2.45, 2.75) is 25.3 Å². The summed E-state index contributed by atoms with van der Waals surface area (Å²) in [6.45, 7) is 1.12. The van der Waals surface area contributed by atoms with E-state index < -0.39 is 41.7 Å². The van der Waals surface area contributed by atoms with Crippen molar-refractivity contribution < 1.29 is 42.1 Å². The molecule has 1 saturated heterocycles. The van der Waals surface area contributed by atoms with Crippen molar-refractivity contribution in [3.63, 3.8) is 0 Å². The molecule has 1 N–H and O–H groups in total. The van der Waals surface area contributed by atoms with E-state index in [1.165, 1.54) is 12.0 Å². The normalized spacial score (nSPS) is 20.3. The number of carbonyl (C=O) groups is 2. The predicted octanol–water partition coefficient (Wildman–Crippen LogP) is 2.13. The molecular weight excluding hydrogens is 361 g/mol. The molecule has 1 fully saturated rings. The third kappa shape index (κ3) is 4.61. The van der Waals surface area contributed by atoms with Crippen LogP contribution in [-0.4, -0.2) is 59.6 Å². The van der Waals surface area contributed by atoms with Gasteiger partial charge in [0.1, 0.15) is 12.4 Å². The summed E-state index contributed by atoms with van der Waals surface area (Å²) in [6, 6.07) is 1.42. The lowest BCUT2D eigenvalue weighted by molar-refractivity contribution is -0.141. The van der Waals surface area contributed by atoms with E-state index in [9.17, 15) is 22.8 Å². The van der Waals surface area contributed by atoms with Gasteiger partial charge in [0.15, 0.2) is 5.60 Å². The Bertz CT molecular complexity index is 696. The van der Waals surface area contributed by atoms with Gasteiger partial charge in [-0.1, -0.05) is 0 Å². The molecule has 2 rings (SSSR count). The molecular formula is C15H17F3N2O6. The first-order valence-electron chi connectivity index (χ1n) is 7.41. The van der Waals surface area contributed by atoms with Crippen LogP contribution < -0.4 is 0 Å². The molecule has 1 aromatic rings. The number of amides is 1. The number of methoxy groups -OCH3 is 1. The number of hydrogen-bond donors (Lipinski definition) is 1. The number of carbonyl (C=O) groups excluding carboxylic acids is 1. The van der Waals surface area contributed by atoms with Gasteiger partial charge in [0.05, 0.1) is 31.0 Å². The Kier molecular flexibility index (Phi) is 5.71. The minimum absolute atomic E-state index is 0.0206. The summed E-state index contributed by atoms with van der Waals surface area (Å²) in [5.41, 5.74) is -3.02. The first-order chi connectivity index (χ1) is 12.1. The molecule has 1 aliphatic heterocycles. The van der Waals surface area contributed by atoms with Crippen molar-refractivity contribution in [2.75, 3.05) is 27.0 Å². The predicted molar refractivity (Wildman–Crippen MR) is 79.3 cm³/mol. The van der Waals surface area contributed by atoms with Crippen LogP contribution in [0, 0.1) is 0 Å². The maximum atomic E-state index is 12.8. The Morgan fingerprint density at radius 1 is 1.46 bits per heavy atom. The number of hydrogen-bond acceptors (Lipinski definition) is 6. The highest BCUT2D eigenvalue weighted by Gasteiger charge is 2.41. The third-order valence-corrected chi connectivity index (χ3v) is 3.54. The zero-order chi connectivity index (χ0) is 19.5. The molecule has 26 heavy (non-hydrogen) atoms. The topological polar surface area (TPSA) is 98.2 Å². The summed E-state index contributed by atoms with van der Waals surface area (Å²) < 4.78 is 53.6. The van der Waals surface area contributed by atoms with Crippen LogP contribution in [0.3, 0.4) is 0 Å². The highest BCUT2D eigenvalue weighted by atomic mass is 19.4. The minimum atomic E-state index is -4.71. The van der Waals surface area contributed by atoms with Crippen LogP contribution >= 0.6 is 0 Å². The minimum Gasteiger partial charge on any atom is -0.478 e. The van der Waals surface area contributed by atoms with Gasteiger partial charge < -0.3 is 19.3 Å². The summed E-state index contributed by atoms with van der Waals surface area (Å²) in [5, 5.41) is 9.08. The van der Waals surface area contributed by atoms with E-state index in [-0.39, 0.29) is 25.6 Å². The quantitative estimate of drug-likeness (QED) is 0.776. The molecule has 0 saturated carbocycles. The van der Waals surface area contributed by atoms with Crippen molar-refractivity contribution in [1.29, 1.82) is 0 Å². The first-order valence-corrected chi connectivity index (χ1v) is 7.41. The van der Waals surface area contributed by atoms with Gasteiger partial charge in [0, 0.05) is 7.11 Å². The number of pyridine rings is 1. The fourth-order valence-electron chi connectivity index (χ4n) is 2.43. The second-order valence-electron chi connectivity index (χ2n) is 5.92. The maximum absolute atomic E-state index is 12.8. The zero-order valence-corrected chi connectivity index (χ0v) is 14.0. The molecule has 11 heteroatoms. The maximum Gasteiger partial charge on any atom is 0.433 e. The van der Waals surface area contributed by atoms with Crippen LogP contribution in [0.2, 0.25) is 0 Å². The number of aromatic nitrogens is 1. The van der Waals surface area contributed by atoms with Gasteiger partial charge in [-0.15, -0.1) is 0 Å². The molecule has 1 atom stereocenters. The van der Waals surface area contributed by atoms with Crippen molar-refractivity contribution in [2.24, 2.45) is 0 Å². The van der Waals surface area contributed by atoms with E-state index in [1.54, 1.807) is 6.92 Å². The fourth-order valence-corrected chi connectivity index (χ4v) is 2.43. The highest BCUT2D eigenvalue weighted by molar-refractivity contribution is 5.88. The largest absolute Gasteiger partial charge is 0.478 e. The van der Waals surface area contributed by atoms with Crippen LogP contribution in [0.1, 0.15) is 28.7 Å². The monoisotopic (exact) mass is 378 g/mol. The Labute approximate surface area is 146 Å². The molecule has 8 nitrogen and oxygen atoms in total. The van der Waals surface area contributed by atoms with Gasteiger partial charge in [0.2, 0.25) is 0 Å². The van der Waals surface area contributed by atoms with Crippen LogP contribution in [0.25, 0.3) is 0 Å². The molecule has 1 aliphatic rings. The second-order valence-corrected chi connectivity index (χ2v) is 5.92. The zero-order valence-electron chi connectivity index (χ0n) is 14.0. The Balaban J connectivity index is 2.07. The highest BCUT2D eigenvalue weighted by Crippen LogP contribution is 2.29. The number of rotatable bonds is 7. The lowest BCUT2D eigenvalue weighted by Gasteiger charge is -2.21. The molecule has 1 unspecified atom stereocenters. The van der Waals surface area contributed by atoms with Crippen molar-refractivity contribution in [3.8, 4) is 0 Å². The van der Waals surface area contributed by atoms with E-state index in [0.29, 0.717) is 6.07 Å². The Morgan fingerprint density at radius 2 is 2.15 bits per heavy atom. The average Bonchev–Trinajstić information content (AvgIpc) is 2.81. The van der Waals surface area contributed by atoms with Crippen LogP contribution in [0.15, 0.2) is 12.1 Å². The summed E-state index contributed by atoms with van der Waals surface area (Å²) in [5.74, 6) is -1.42. The van der Waals surface area contributed by atoms with Gasteiger partial charge in [-0.05, 0) is 19.1 Å². The number of carboxylic acids is 1. The summed E-state index contributed by atoms with van der Waals surface area (Å²) in [6.07, 6.45) is -5.32. The molecule has 0 spiro atoms. The van der Waals surface area contributed by atoms with E-state index in [0.717, 1.165) is 6.07 Å². The lowest BCUT2D eigenvalue weighted by atomic mass is 10.1. The van der Waals surface area contributed by atoms with E-state index in [1.807, 2.05) is 0 Å². The van der Waals surface area contributed by atoms with Crippen molar-refractivity contribution in [3.05, 3.63) is 29.1 Å². The standard InChI is InChI=1S/C15H17F3N2O6/c1-14(6-20(8-24-2)13(23)26-14)7-25-5-10-9(12(21)22)3-4-11(19-10)15(16,17)18/h3-4H,5-8H2,1-2H3,(H,21,22). The number of ether oxygens (including phenoxy) is 3. The van der Waals surface area contributed by atoms with Crippen LogP contribution in [-0.2, 0) is 27.0 Å². The molecule has 2 heterocycles. The smallest absolute Gasteiger partial charge is 0.433 e. The molecule has 0 bridgehead atoms. The van der Waals surface area contributed by atoms with E-state index >= 15 is 0 Å². The van der Waals surface area contributed by atoms with E-state index in [2.05, 4.69) is 4.98 Å². The van der Waals surface area contributed by atoms with E-state index in [4.69, 9.17) is 19.3 Å². The number of alkyl halides is 3. The average molecular weight is 378 g/mol. The number of carboxylic acid groups (broad SMARTS) is 1. The Hall–Kier alpha value is -2.40. The van der Waals surface area contributed by atoms with Crippen LogP contribution in [0.5, 0.6) is 0 Å². The molecule has 1 amide bonds. The summed E-state index contributed by atoms with van der Waals surface area (Å²) in [4.78, 5) is 27.4. The summed E-state index contributed by atoms with van der Waals surface area (Å²) in [7, 11) is 1.41. The van der Waals surface area contributed by atoms with Gasteiger partial charge in [-0.2, -0.15) is 13.2 Å². The SMILES string of the molecule is COCN1CC(C)(COCc2nc(C(F)(F)F)ccc2C(=O)O)OC1=O. The van der Waals surface area contributed by atoms with Gasteiger partial charge >= 0.3 is 18.2 Å². The van der Waals surface area contributed by atoms with Gasteiger partial charge in [0.25, 0.3) is 0 Å². The lowest BCUT2D eigenvalue weighted by Crippen LogP contribution is -2.36. The molecule has 0 radical (unpaired) electrons. The number of cyclic esters (lactones) is 1.